The van der Waals surface area contributed by atoms with Crippen LogP contribution in [0.15, 0.2) is 23.1 Å². The molecule has 0 aliphatic carbocycles. The zero-order valence-corrected chi connectivity index (χ0v) is 9.62. The van der Waals surface area contributed by atoms with Gasteiger partial charge in [0.2, 0.25) is 0 Å². The first kappa shape index (κ1) is 12.4. The Morgan fingerprint density at radius 1 is 1.44 bits per heavy atom. The normalized spacial score (nSPS) is 10.1. The van der Waals surface area contributed by atoms with E-state index in [0.29, 0.717) is 12.1 Å². The Morgan fingerprint density at radius 2 is 2.19 bits per heavy atom. The number of hydrogen-bond acceptors (Lipinski definition) is 3. The molecule has 0 spiro atoms. The van der Waals surface area contributed by atoms with Crippen LogP contribution in [0.25, 0.3) is 0 Å². The summed E-state index contributed by atoms with van der Waals surface area (Å²) in [5.41, 5.74) is 0.221. The molecule has 0 saturated heterocycles. The Hall–Kier alpha value is -1.62. The van der Waals surface area contributed by atoms with Crippen LogP contribution in [0.2, 0.25) is 0 Å². The van der Waals surface area contributed by atoms with E-state index in [-0.39, 0.29) is 11.5 Å². The summed E-state index contributed by atoms with van der Waals surface area (Å²) in [4.78, 5) is 22.9. The summed E-state index contributed by atoms with van der Waals surface area (Å²) in [6, 6.07) is 2.96. The van der Waals surface area contributed by atoms with Gasteiger partial charge in [-0.05, 0) is 12.6 Å². The van der Waals surface area contributed by atoms with Gasteiger partial charge >= 0.3 is 0 Å². The summed E-state index contributed by atoms with van der Waals surface area (Å²) >= 11 is 0. The second-order valence-corrected chi connectivity index (χ2v) is 3.47. The number of rotatable bonds is 5. The SMILES string of the molecule is CCNCCNC(=O)c1ccn(C)c(=O)c1. The molecule has 5 nitrogen and oxygen atoms in total. The van der Waals surface area contributed by atoms with Crippen molar-refractivity contribution in [2.75, 3.05) is 19.6 Å². The van der Waals surface area contributed by atoms with E-state index in [4.69, 9.17) is 0 Å². The third kappa shape index (κ3) is 3.51. The first-order valence-corrected chi connectivity index (χ1v) is 5.30. The average Bonchev–Trinajstić information content (AvgIpc) is 2.28. The molecule has 5 heteroatoms. The van der Waals surface area contributed by atoms with Gasteiger partial charge in [0.1, 0.15) is 0 Å². The number of pyridine rings is 1. The predicted molar refractivity (Wildman–Crippen MR) is 62.6 cm³/mol. The number of nitrogens with one attached hydrogen (secondary N) is 2. The van der Waals surface area contributed by atoms with Crippen LogP contribution in [0.3, 0.4) is 0 Å². The molecule has 1 rings (SSSR count). The highest BCUT2D eigenvalue weighted by atomic mass is 16.2. The van der Waals surface area contributed by atoms with E-state index < -0.39 is 0 Å². The fraction of sp³-hybridized carbons (Fsp3) is 0.455. The molecular weight excluding hydrogens is 206 g/mol. The number of aromatic nitrogens is 1. The van der Waals surface area contributed by atoms with Crippen LogP contribution in [-0.2, 0) is 7.05 Å². The van der Waals surface area contributed by atoms with Crippen molar-refractivity contribution < 1.29 is 4.79 Å². The van der Waals surface area contributed by atoms with Crippen molar-refractivity contribution in [3.05, 3.63) is 34.2 Å². The van der Waals surface area contributed by atoms with Gasteiger partial charge in [0.25, 0.3) is 11.5 Å². The third-order valence-electron chi connectivity index (χ3n) is 2.20. The molecular formula is C11H17N3O2. The van der Waals surface area contributed by atoms with E-state index in [1.807, 2.05) is 6.92 Å². The van der Waals surface area contributed by atoms with Crippen LogP contribution in [0, 0.1) is 0 Å². The maximum Gasteiger partial charge on any atom is 0.251 e. The molecule has 0 atom stereocenters. The topological polar surface area (TPSA) is 63.1 Å². The number of likely N-dealkylation sites (N-methyl/N-ethyl adjacent to an activating group) is 1. The van der Waals surface area contributed by atoms with Gasteiger partial charge in [-0.25, -0.2) is 0 Å². The van der Waals surface area contributed by atoms with Crippen LogP contribution in [0.1, 0.15) is 17.3 Å². The van der Waals surface area contributed by atoms with Crippen LogP contribution in [0.4, 0.5) is 0 Å². The number of aryl methyl sites for hydroxylation is 1. The molecule has 1 amide bonds. The van der Waals surface area contributed by atoms with Crippen molar-refractivity contribution in [1.29, 1.82) is 0 Å². The summed E-state index contributed by atoms with van der Waals surface area (Å²) in [5, 5.41) is 5.83. The minimum Gasteiger partial charge on any atom is -0.351 e. The summed E-state index contributed by atoms with van der Waals surface area (Å²) < 4.78 is 1.43. The molecule has 0 aliphatic heterocycles. The fourth-order valence-electron chi connectivity index (χ4n) is 1.23. The number of nitrogens with zero attached hydrogens (tertiary/aromatic N) is 1. The molecule has 0 aliphatic rings. The second kappa shape index (κ2) is 6.07. The van der Waals surface area contributed by atoms with Gasteiger partial charge in [-0.15, -0.1) is 0 Å². The Balaban J connectivity index is 2.53. The van der Waals surface area contributed by atoms with Crippen molar-refractivity contribution in [2.24, 2.45) is 7.05 Å². The molecule has 0 bridgehead atoms. The lowest BCUT2D eigenvalue weighted by Gasteiger charge is -2.05. The number of hydrogen-bond donors (Lipinski definition) is 2. The maximum absolute atomic E-state index is 11.6. The smallest absolute Gasteiger partial charge is 0.251 e. The van der Waals surface area contributed by atoms with Crippen molar-refractivity contribution in [3.63, 3.8) is 0 Å². The quantitative estimate of drug-likeness (QED) is 0.675. The summed E-state index contributed by atoms with van der Waals surface area (Å²) in [6.45, 7) is 4.17. The summed E-state index contributed by atoms with van der Waals surface area (Å²) in [5.74, 6) is -0.212. The molecule has 0 aromatic carbocycles. The largest absolute Gasteiger partial charge is 0.351 e. The molecule has 0 saturated carbocycles. The first-order valence-electron chi connectivity index (χ1n) is 5.30. The zero-order valence-electron chi connectivity index (χ0n) is 9.62. The van der Waals surface area contributed by atoms with E-state index in [1.165, 1.54) is 10.6 Å². The van der Waals surface area contributed by atoms with E-state index in [1.54, 1.807) is 19.3 Å². The van der Waals surface area contributed by atoms with E-state index >= 15 is 0 Å². The number of carbonyl (C=O) groups is 1. The number of amides is 1. The lowest BCUT2D eigenvalue weighted by molar-refractivity contribution is 0.0953. The zero-order chi connectivity index (χ0) is 12.0. The predicted octanol–water partition coefficient (Wildman–Crippen LogP) is -0.275. The molecule has 1 heterocycles. The van der Waals surface area contributed by atoms with Crippen molar-refractivity contribution in [2.45, 2.75) is 6.92 Å². The lowest BCUT2D eigenvalue weighted by Crippen LogP contribution is -2.32. The van der Waals surface area contributed by atoms with E-state index in [2.05, 4.69) is 10.6 Å². The average molecular weight is 223 g/mol. The van der Waals surface area contributed by atoms with Crippen molar-refractivity contribution >= 4 is 5.91 Å². The fourth-order valence-corrected chi connectivity index (χ4v) is 1.23. The van der Waals surface area contributed by atoms with Gasteiger partial charge in [-0.1, -0.05) is 6.92 Å². The van der Waals surface area contributed by atoms with Crippen LogP contribution < -0.4 is 16.2 Å². The van der Waals surface area contributed by atoms with Crippen LogP contribution >= 0.6 is 0 Å². The molecule has 1 aromatic rings. The standard InChI is InChI=1S/C11H17N3O2/c1-3-12-5-6-13-11(16)9-4-7-14(2)10(15)8-9/h4,7-8,12H,3,5-6H2,1-2H3,(H,13,16). The minimum atomic E-state index is -0.212. The van der Waals surface area contributed by atoms with E-state index in [9.17, 15) is 9.59 Å². The molecule has 0 radical (unpaired) electrons. The lowest BCUT2D eigenvalue weighted by atomic mass is 10.2. The van der Waals surface area contributed by atoms with Crippen LogP contribution in [0.5, 0.6) is 0 Å². The van der Waals surface area contributed by atoms with Gasteiger partial charge < -0.3 is 15.2 Å². The Kier molecular flexibility index (Phi) is 4.72. The summed E-state index contributed by atoms with van der Waals surface area (Å²) in [7, 11) is 1.65. The van der Waals surface area contributed by atoms with Crippen LogP contribution in [-0.4, -0.2) is 30.1 Å². The maximum atomic E-state index is 11.6. The minimum absolute atomic E-state index is 0.181. The van der Waals surface area contributed by atoms with Gasteiger partial charge in [-0.2, -0.15) is 0 Å². The molecule has 88 valence electrons. The Morgan fingerprint density at radius 3 is 2.81 bits per heavy atom. The highest BCUT2D eigenvalue weighted by Crippen LogP contribution is 1.93. The highest BCUT2D eigenvalue weighted by Gasteiger charge is 2.05. The third-order valence-corrected chi connectivity index (χ3v) is 2.20. The van der Waals surface area contributed by atoms with E-state index in [0.717, 1.165) is 13.1 Å². The highest BCUT2D eigenvalue weighted by molar-refractivity contribution is 5.93. The molecule has 1 aromatic heterocycles. The molecule has 2 N–H and O–H groups in total. The van der Waals surface area contributed by atoms with Crippen molar-refractivity contribution in [1.82, 2.24) is 15.2 Å². The first-order chi connectivity index (χ1) is 7.65. The van der Waals surface area contributed by atoms with Gasteiger partial charge in [0, 0.05) is 38.0 Å². The Bertz CT molecular complexity index is 412. The molecule has 0 fully saturated rings. The van der Waals surface area contributed by atoms with Gasteiger partial charge in [-0.3, -0.25) is 9.59 Å². The Labute approximate surface area is 94.5 Å². The molecule has 0 unspecified atom stereocenters. The monoisotopic (exact) mass is 223 g/mol. The number of carbonyl (C=O) groups excluding carboxylic acids is 1. The van der Waals surface area contributed by atoms with Gasteiger partial charge in [0.05, 0.1) is 0 Å². The summed E-state index contributed by atoms with van der Waals surface area (Å²) in [6.07, 6.45) is 1.58. The molecule has 16 heavy (non-hydrogen) atoms. The second-order valence-electron chi connectivity index (χ2n) is 3.47. The van der Waals surface area contributed by atoms with Gasteiger partial charge in [0.15, 0.2) is 0 Å². The van der Waals surface area contributed by atoms with Crippen molar-refractivity contribution in [3.8, 4) is 0 Å².